The van der Waals surface area contributed by atoms with Crippen LogP contribution in [0.25, 0.3) is 22.5 Å². The van der Waals surface area contributed by atoms with Crippen molar-refractivity contribution in [3.8, 4) is 28.3 Å². The minimum absolute atomic E-state index is 0.0434. The van der Waals surface area contributed by atoms with E-state index in [0.717, 1.165) is 52.7 Å². The van der Waals surface area contributed by atoms with Gasteiger partial charge in [-0.1, -0.05) is 103 Å². The molecule has 4 heteroatoms. The topological polar surface area (TPSA) is 38.2 Å². The molecule has 0 aliphatic heterocycles. The summed E-state index contributed by atoms with van der Waals surface area (Å²) in [5.41, 5.74) is 10.3. The molecule has 5 aromatic rings. The number of aromatic nitrogens is 2. The fourth-order valence-electron chi connectivity index (χ4n) is 7.10. The largest absolute Gasteiger partial charge is 0.496 e. The van der Waals surface area contributed by atoms with Gasteiger partial charge >= 0.3 is 0 Å². The number of benzene rings is 3. The first-order valence-corrected chi connectivity index (χ1v) is 16.9. The van der Waals surface area contributed by atoms with Gasteiger partial charge < -0.3 is 4.74 Å². The number of ether oxygens (including phenoxy) is 1. The van der Waals surface area contributed by atoms with E-state index in [1.807, 2.05) is 18.3 Å². The first-order valence-electron chi connectivity index (χ1n) is 16.9. The fourth-order valence-corrected chi connectivity index (χ4v) is 7.10. The van der Waals surface area contributed by atoms with Crippen LogP contribution in [0.4, 0.5) is 17.2 Å². The normalized spacial score (nSPS) is 13.3. The Balaban J connectivity index is 1.57. The van der Waals surface area contributed by atoms with Gasteiger partial charge in [0.05, 0.1) is 18.5 Å². The molecule has 1 aliphatic rings. The molecule has 6 rings (SSSR count). The molecule has 2 heterocycles. The van der Waals surface area contributed by atoms with Crippen LogP contribution in [0.1, 0.15) is 89.8 Å². The standard InChI is InChI=1S/C42H47N3O/c1-7-9-24-42(25-10-8-2)34-19-16-20-37(46-6)39(34)40-35(42)22-23-36(44-40)30-27-31(41(3,4)5)29-33(28-30)45(32-17-12-11-13-18-32)38-21-14-15-26-43-38/h11-23,26-29H,7-10,24-25H2,1-6H3. The summed E-state index contributed by atoms with van der Waals surface area (Å²) in [5.74, 6) is 1.79. The summed E-state index contributed by atoms with van der Waals surface area (Å²) in [6, 6.07) is 34.7. The van der Waals surface area contributed by atoms with Gasteiger partial charge in [-0.25, -0.2) is 9.97 Å². The third-order valence-electron chi connectivity index (χ3n) is 9.55. The molecule has 0 unspecified atom stereocenters. The lowest BCUT2D eigenvalue weighted by Crippen LogP contribution is -2.25. The van der Waals surface area contributed by atoms with Crippen molar-refractivity contribution in [1.82, 2.24) is 9.97 Å². The summed E-state index contributed by atoms with van der Waals surface area (Å²) in [7, 11) is 1.78. The van der Waals surface area contributed by atoms with Crippen LogP contribution in [0.2, 0.25) is 0 Å². The molecule has 0 spiro atoms. The highest BCUT2D eigenvalue weighted by atomic mass is 16.5. The number of para-hydroxylation sites is 1. The zero-order chi connectivity index (χ0) is 32.3. The van der Waals surface area contributed by atoms with Crippen LogP contribution >= 0.6 is 0 Å². The van der Waals surface area contributed by atoms with Crippen LogP contribution in [-0.2, 0) is 10.8 Å². The minimum atomic E-state index is -0.0702. The van der Waals surface area contributed by atoms with Crippen LogP contribution < -0.4 is 9.64 Å². The summed E-state index contributed by atoms with van der Waals surface area (Å²) in [4.78, 5) is 12.6. The van der Waals surface area contributed by atoms with Crippen LogP contribution in [0.3, 0.4) is 0 Å². The maximum atomic E-state index is 6.02. The predicted molar refractivity (Wildman–Crippen MR) is 193 cm³/mol. The second-order valence-electron chi connectivity index (χ2n) is 13.6. The maximum Gasteiger partial charge on any atom is 0.137 e. The minimum Gasteiger partial charge on any atom is -0.496 e. The van der Waals surface area contributed by atoms with Crippen LogP contribution in [-0.4, -0.2) is 17.1 Å². The molecule has 0 bridgehead atoms. The maximum absolute atomic E-state index is 6.02. The summed E-state index contributed by atoms with van der Waals surface area (Å²) >= 11 is 0. The van der Waals surface area contributed by atoms with Gasteiger partial charge in [-0.15, -0.1) is 0 Å². The molecular weight excluding hydrogens is 562 g/mol. The Morgan fingerprint density at radius 2 is 1.48 bits per heavy atom. The molecule has 46 heavy (non-hydrogen) atoms. The lowest BCUT2D eigenvalue weighted by Gasteiger charge is -2.32. The Morgan fingerprint density at radius 1 is 0.739 bits per heavy atom. The Labute approximate surface area is 275 Å². The molecule has 0 saturated carbocycles. The summed E-state index contributed by atoms with van der Waals surface area (Å²) in [5, 5.41) is 0. The number of fused-ring (bicyclic) bond motifs is 3. The third-order valence-corrected chi connectivity index (χ3v) is 9.55. The van der Waals surface area contributed by atoms with Gasteiger partial charge in [-0.3, -0.25) is 4.90 Å². The zero-order valence-electron chi connectivity index (χ0n) is 28.3. The highest BCUT2D eigenvalue weighted by molar-refractivity contribution is 5.85. The number of hydrogen-bond donors (Lipinski definition) is 0. The number of anilines is 3. The van der Waals surface area contributed by atoms with E-state index in [-0.39, 0.29) is 10.8 Å². The van der Waals surface area contributed by atoms with Crippen LogP contribution in [0.15, 0.2) is 103 Å². The van der Waals surface area contributed by atoms with Gasteiger partial charge in [0.2, 0.25) is 0 Å². The Morgan fingerprint density at radius 3 is 2.13 bits per heavy atom. The molecule has 0 fully saturated rings. The van der Waals surface area contributed by atoms with Gasteiger partial charge in [0, 0.05) is 34.1 Å². The molecule has 2 aromatic heterocycles. The molecule has 0 atom stereocenters. The lowest BCUT2D eigenvalue weighted by molar-refractivity contribution is 0.405. The molecule has 236 valence electrons. The van der Waals surface area contributed by atoms with Gasteiger partial charge in [-0.05, 0) is 89.5 Å². The average Bonchev–Trinajstić information content (AvgIpc) is 3.36. The monoisotopic (exact) mass is 609 g/mol. The SMILES string of the molecule is CCCCC1(CCCC)c2ccc(-c3cc(N(c4ccccc4)c4ccccn4)cc(C(C)(C)C)c3)nc2-c2c(OC)cccc21. The molecule has 0 N–H and O–H groups in total. The first kappa shape index (κ1) is 31.5. The second-order valence-corrected chi connectivity index (χ2v) is 13.6. The predicted octanol–water partition coefficient (Wildman–Crippen LogP) is 11.6. The van der Waals surface area contributed by atoms with Gasteiger partial charge in [0.1, 0.15) is 11.6 Å². The Kier molecular flexibility index (Phi) is 8.99. The number of methoxy groups -OCH3 is 1. The number of nitrogens with zero attached hydrogens (tertiary/aromatic N) is 3. The van der Waals surface area contributed by atoms with Crippen LogP contribution in [0.5, 0.6) is 5.75 Å². The molecule has 0 radical (unpaired) electrons. The molecule has 3 aromatic carbocycles. The van der Waals surface area contributed by atoms with Crippen LogP contribution in [0, 0.1) is 0 Å². The van der Waals surface area contributed by atoms with Crippen molar-refractivity contribution in [1.29, 1.82) is 0 Å². The van der Waals surface area contributed by atoms with Crippen molar-refractivity contribution >= 4 is 17.2 Å². The Bertz CT molecular complexity index is 1740. The zero-order valence-corrected chi connectivity index (χ0v) is 28.3. The molecule has 1 aliphatic carbocycles. The van der Waals surface area contributed by atoms with Gasteiger partial charge in [0.15, 0.2) is 0 Å². The van der Waals surface area contributed by atoms with E-state index >= 15 is 0 Å². The van der Waals surface area contributed by atoms with Crippen molar-refractivity contribution in [3.63, 3.8) is 0 Å². The van der Waals surface area contributed by atoms with E-state index in [1.54, 1.807) is 7.11 Å². The van der Waals surface area contributed by atoms with Crippen molar-refractivity contribution in [2.75, 3.05) is 12.0 Å². The van der Waals surface area contributed by atoms with E-state index in [4.69, 9.17) is 14.7 Å². The highest BCUT2D eigenvalue weighted by Crippen LogP contribution is 2.56. The summed E-state index contributed by atoms with van der Waals surface area (Å²) in [6.07, 6.45) is 8.81. The van der Waals surface area contributed by atoms with E-state index in [9.17, 15) is 0 Å². The van der Waals surface area contributed by atoms with E-state index < -0.39 is 0 Å². The number of rotatable bonds is 11. The van der Waals surface area contributed by atoms with E-state index in [0.29, 0.717) is 0 Å². The van der Waals surface area contributed by atoms with Crippen molar-refractivity contribution in [2.24, 2.45) is 0 Å². The Hall–Kier alpha value is -4.44. The van der Waals surface area contributed by atoms with Crippen molar-refractivity contribution in [2.45, 2.75) is 84.0 Å². The number of unbranched alkanes of at least 4 members (excludes halogenated alkanes) is 2. The average molecular weight is 610 g/mol. The molecular formula is C42H47N3O. The first-order chi connectivity index (χ1) is 22.3. The smallest absolute Gasteiger partial charge is 0.137 e. The molecule has 4 nitrogen and oxygen atoms in total. The number of pyridine rings is 2. The lowest BCUT2D eigenvalue weighted by atomic mass is 9.71. The third kappa shape index (κ3) is 5.82. The summed E-state index contributed by atoms with van der Waals surface area (Å²) in [6.45, 7) is 11.4. The summed E-state index contributed by atoms with van der Waals surface area (Å²) < 4.78 is 6.02. The van der Waals surface area contributed by atoms with Crippen molar-refractivity contribution in [3.05, 3.63) is 120 Å². The van der Waals surface area contributed by atoms with Gasteiger partial charge in [0.25, 0.3) is 0 Å². The van der Waals surface area contributed by atoms with E-state index in [1.165, 1.54) is 47.9 Å². The molecule has 0 saturated heterocycles. The fraction of sp³-hybridized carbons (Fsp3) is 0.333. The van der Waals surface area contributed by atoms with Crippen molar-refractivity contribution < 1.29 is 4.74 Å². The number of hydrogen-bond acceptors (Lipinski definition) is 4. The van der Waals surface area contributed by atoms with Gasteiger partial charge in [-0.2, -0.15) is 0 Å². The molecule has 0 amide bonds. The van der Waals surface area contributed by atoms with E-state index in [2.05, 4.69) is 124 Å². The highest BCUT2D eigenvalue weighted by Gasteiger charge is 2.44. The quantitative estimate of drug-likeness (QED) is 0.149. The second kappa shape index (κ2) is 13.1.